The maximum Gasteiger partial charge on any atom is 0.248 e. The quantitative estimate of drug-likeness (QED) is 0.160. The molecule has 3 aromatic carbocycles. The second-order valence-electron chi connectivity index (χ2n) is 8.44. The van der Waals surface area contributed by atoms with Crippen LogP contribution < -0.4 is 19.7 Å². The number of sulfone groups is 1. The number of methoxy groups -OCH3 is 3. The molecule has 0 bridgehead atoms. The molecular weight excluding hydrogens is 526 g/mol. The van der Waals surface area contributed by atoms with Crippen molar-refractivity contribution >= 4 is 15.7 Å². The van der Waals surface area contributed by atoms with Crippen molar-refractivity contribution < 1.29 is 42.1 Å². The molecule has 2 N–H and O–H groups in total. The van der Waals surface area contributed by atoms with Crippen molar-refractivity contribution in [2.24, 2.45) is 5.92 Å². The highest BCUT2D eigenvalue weighted by Crippen LogP contribution is 2.40. The summed E-state index contributed by atoms with van der Waals surface area (Å²) >= 11 is 0. The van der Waals surface area contributed by atoms with Crippen LogP contribution in [0.1, 0.15) is 17.2 Å². The van der Waals surface area contributed by atoms with Gasteiger partial charge in [0.05, 0.1) is 38.2 Å². The molecule has 0 heterocycles. The van der Waals surface area contributed by atoms with E-state index < -0.39 is 26.9 Å². The molecule has 0 aromatic heterocycles. The van der Waals surface area contributed by atoms with E-state index in [0.717, 1.165) is 0 Å². The summed E-state index contributed by atoms with van der Waals surface area (Å²) in [6.45, 7) is 0.671. The number of nitrogens with one attached hydrogen (secondary N) is 1. The van der Waals surface area contributed by atoms with Gasteiger partial charge in [-0.05, 0) is 48.4 Å². The number of amides is 1. The minimum absolute atomic E-state index is 0.00948. The number of benzene rings is 3. The van der Waals surface area contributed by atoms with Crippen molar-refractivity contribution in [2.45, 2.75) is 16.6 Å². The lowest BCUT2D eigenvalue weighted by Crippen LogP contribution is -2.36. The van der Waals surface area contributed by atoms with E-state index in [1.54, 1.807) is 41.9 Å². The SMILES string of the molecule is COCCOCCC(C(=O)NO)C(c1ccc(Oc2ccccc2)cc1)S(=O)(=O)c1ccc(OC)c(OC)c1. The number of hydroxylamine groups is 1. The summed E-state index contributed by atoms with van der Waals surface area (Å²) in [4.78, 5) is 12.8. The van der Waals surface area contributed by atoms with Gasteiger partial charge in [0, 0.05) is 19.8 Å². The van der Waals surface area contributed by atoms with Gasteiger partial charge in [-0.2, -0.15) is 0 Å². The van der Waals surface area contributed by atoms with E-state index in [-0.39, 0.29) is 30.3 Å². The Bertz CT molecular complexity index is 1300. The van der Waals surface area contributed by atoms with Crippen molar-refractivity contribution in [1.29, 1.82) is 0 Å². The lowest BCUT2D eigenvalue weighted by molar-refractivity contribution is -0.134. The Hall–Kier alpha value is -3.64. The maximum atomic E-state index is 14.1. The standard InChI is InChI=1S/C28H33NO9S/c1-34-17-18-37-16-15-24(28(30)29-31)27(39(32,33)23-13-14-25(35-2)26(19-23)36-3)20-9-11-22(12-10-20)38-21-7-5-4-6-8-21/h4-14,19,24,27,31H,15-18H2,1-3H3,(H,29,30). The predicted molar refractivity (Wildman–Crippen MR) is 143 cm³/mol. The van der Waals surface area contributed by atoms with Crippen LogP contribution in [0.2, 0.25) is 0 Å². The summed E-state index contributed by atoms with van der Waals surface area (Å²) in [6, 6.07) is 19.8. The van der Waals surface area contributed by atoms with Gasteiger partial charge < -0.3 is 23.7 Å². The first-order chi connectivity index (χ1) is 18.8. The Morgan fingerprint density at radius 3 is 2.13 bits per heavy atom. The zero-order valence-electron chi connectivity index (χ0n) is 22.0. The first-order valence-electron chi connectivity index (χ1n) is 12.1. The van der Waals surface area contributed by atoms with Crippen LogP contribution in [0, 0.1) is 5.92 Å². The van der Waals surface area contributed by atoms with Gasteiger partial charge in [-0.3, -0.25) is 10.0 Å². The zero-order valence-corrected chi connectivity index (χ0v) is 22.8. The molecule has 3 aromatic rings. The minimum atomic E-state index is -4.21. The van der Waals surface area contributed by atoms with Crippen LogP contribution in [0.3, 0.4) is 0 Å². The topological polar surface area (TPSA) is 130 Å². The van der Waals surface area contributed by atoms with Gasteiger partial charge in [-0.25, -0.2) is 13.9 Å². The fourth-order valence-electron chi connectivity index (χ4n) is 4.08. The molecular formula is C28H33NO9S. The maximum absolute atomic E-state index is 14.1. The number of carbonyl (C=O) groups is 1. The number of hydrogen-bond acceptors (Lipinski definition) is 9. The summed E-state index contributed by atoms with van der Waals surface area (Å²) in [6.07, 6.45) is 0.00948. The molecule has 2 atom stereocenters. The molecule has 0 spiro atoms. The van der Waals surface area contributed by atoms with Crippen LogP contribution in [0.15, 0.2) is 77.7 Å². The fourth-order valence-corrected chi connectivity index (χ4v) is 6.11. The van der Waals surface area contributed by atoms with Crippen molar-refractivity contribution in [1.82, 2.24) is 5.48 Å². The van der Waals surface area contributed by atoms with E-state index in [9.17, 15) is 18.4 Å². The molecule has 0 aliphatic heterocycles. The van der Waals surface area contributed by atoms with Gasteiger partial charge in [0.25, 0.3) is 0 Å². The molecule has 0 radical (unpaired) electrons. The molecule has 2 unspecified atom stereocenters. The highest BCUT2D eigenvalue weighted by molar-refractivity contribution is 7.91. The van der Waals surface area contributed by atoms with Crippen molar-refractivity contribution in [3.05, 3.63) is 78.4 Å². The number of rotatable bonds is 15. The summed E-state index contributed by atoms with van der Waals surface area (Å²) < 4.78 is 55.1. The molecule has 210 valence electrons. The second kappa shape index (κ2) is 14.5. The molecule has 0 aliphatic carbocycles. The van der Waals surface area contributed by atoms with Gasteiger partial charge in [0.15, 0.2) is 21.3 Å². The van der Waals surface area contributed by atoms with Gasteiger partial charge in [0.2, 0.25) is 5.91 Å². The van der Waals surface area contributed by atoms with Crippen LogP contribution in [0.4, 0.5) is 0 Å². The molecule has 10 nitrogen and oxygen atoms in total. The van der Waals surface area contributed by atoms with Gasteiger partial charge in [0.1, 0.15) is 16.7 Å². The summed E-state index contributed by atoms with van der Waals surface area (Å²) in [5.74, 6) is -0.383. The molecule has 0 saturated heterocycles. The van der Waals surface area contributed by atoms with E-state index in [4.69, 9.17) is 23.7 Å². The summed E-state index contributed by atoms with van der Waals surface area (Å²) in [5, 5.41) is 8.15. The highest BCUT2D eigenvalue weighted by Gasteiger charge is 2.40. The first-order valence-corrected chi connectivity index (χ1v) is 13.7. The van der Waals surface area contributed by atoms with Crippen LogP contribution >= 0.6 is 0 Å². The zero-order chi connectivity index (χ0) is 28.3. The molecule has 0 fully saturated rings. The molecule has 11 heteroatoms. The lowest BCUT2D eigenvalue weighted by Gasteiger charge is -2.26. The van der Waals surface area contributed by atoms with Crippen LogP contribution in [-0.2, 0) is 24.1 Å². The lowest BCUT2D eigenvalue weighted by atomic mass is 9.95. The Morgan fingerprint density at radius 1 is 0.846 bits per heavy atom. The van der Waals surface area contributed by atoms with E-state index in [0.29, 0.717) is 29.4 Å². The van der Waals surface area contributed by atoms with Crippen LogP contribution in [0.5, 0.6) is 23.0 Å². The Morgan fingerprint density at radius 2 is 1.51 bits per heavy atom. The van der Waals surface area contributed by atoms with E-state index in [1.807, 2.05) is 18.2 Å². The van der Waals surface area contributed by atoms with Crippen molar-refractivity contribution in [3.63, 3.8) is 0 Å². The van der Waals surface area contributed by atoms with Gasteiger partial charge >= 0.3 is 0 Å². The predicted octanol–water partition coefficient (Wildman–Crippen LogP) is 4.19. The molecule has 0 aliphatic rings. The molecule has 1 amide bonds. The van der Waals surface area contributed by atoms with Crippen molar-refractivity contribution in [2.75, 3.05) is 41.2 Å². The Balaban J connectivity index is 2.04. The highest BCUT2D eigenvalue weighted by atomic mass is 32.2. The average Bonchev–Trinajstić information content (AvgIpc) is 2.96. The summed E-state index contributed by atoms with van der Waals surface area (Å²) in [5.41, 5.74) is 1.95. The van der Waals surface area contributed by atoms with Gasteiger partial charge in [-0.1, -0.05) is 30.3 Å². The Kier molecular flexibility index (Phi) is 11.1. The fraction of sp³-hybridized carbons (Fsp3) is 0.321. The monoisotopic (exact) mass is 559 g/mol. The minimum Gasteiger partial charge on any atom is -0.493 e. The molecule has 3 rings (SSSR count). The Labute approximate surface area is 228 Å². The normalized spacial score (nSPS) is 12.8. The number of para-hydroxylation sites is 1. The smallest absolute Gasteiger partial charge is 0.248 e. The number of carbonyl (C=O) groups excluding carboxylic acids is 1. The third kappa shape index (κ3) is 7.70. The summed E-state index contributed by atoms with van der Waals surface area (Å²) in [7, 11) is 0.159. The third-order valence-corrected chi connectivity index (χ3v) is 8.20. The average molecular weight is 560 g/mol. The van der Waals surface area contributed by atoms with E-state index >= 15 is 0 Å². The first kappa shape index (κ1) is 29.9. The van der Waals surface area contributed by atoms with Gasteiger partial charge in [-0.15, -0.1) is 0 Å². The largest absolute Gasteiger partial charge is 0.493 e. The molecule has 39 heavy (non-hydrogen) atoms. The van der Waals surface area contributed by atoms with Crippen molar-refractivity contribution in [3.8, 4) is 23.0 Å². The second-order valence-corrected chi connectivity index (χ2v) is 10.5. The van der Waals surface area contributed by atoms with Crippen LogP contribution in [0.25, 0.3) is 0 Å². The third-order valence-electron chi connectivity index (χ3n) is 6.02. The molecule has 0 saturated carbocycles. The van der Waals surface area contributed by atoms with E-state index in [1.165, 1.54) is 39.5 Å². The van der Waals surface area contributed by atoms with E-state index in [2.05, 4.69) is 0 Å². The number of ether oxygens (including phenoxy) is 5. The number of hydrogen-bond donors (Lipinski definition) is 2. The van der Waals surface area contributed by atoms with Crippen LogP contribution in [-0.4, -0.2) is 60.7 Å².